The zero-order valence-electron chi connectivity index (χ0n) is 18.6. The fourth-order valence-corrected chi connectivity index (χ4v) is 5.92. The molecule has 1 saturated carbocycles. The number of allylic oxidation sites excluding steroid dienone is 2. The van der Waals surface area contributed by atoms with Crippen molar-refractivity contribution in [2.45, 2.75) is 19.8 Å². The molecule has 1 fully saturated rings. The number of carbonyl (C=O) groups excluding carboxylic acids is 1. The molecule has 2 heterocycles. The number of anilines is 1. The second-order valence-corrected chi connectivity index (χ2v) is 10.2. The first-order valence-electron chi connectivity index (χ1n) is 11.4. The van der Waals surface area contributed by atoms with Crippen molar-refractivity contribution in [1.82, 2.24) is 4.68 Å². The third-order valence-electron chi connectivity index (χ3n) is 6.75. The van der Waals surface area contributed by atoms with Crippen molar-refractivity contribution in [2.75, 3.05) is 11.9 Å². The van der Waals surface area contributed by atoms with Gasteiger partial charge in [0.1, 0.15) is 5.75 Å². The molecule has 3 unspecified atom stereocenters. The van der Waals surface area contributed by atoms with Crippen LogP contribution in [-0.4, -0.2) is 23.4 Å². The van der Waals surface area contributed by atoms with Crippen molar-refractivity contribution in [2.24, 2.45) is 27.8 Å². The van der Waals surface area contributed by atoms with Gasteiger partial charge in [0.15, 0.2) is 6.61 Å². The first-order valence-corrected chi connectivity index (χ1v) is 12.6. The van der Waals surface area contributed by atoms with E-state index in [1.54, 1.807) is 0 Å². The summed E-state index contributed by atoms with van der Waals surface area (Å²) in [6, 6.07) is 11.5. The maximum Gasteiger partial charge on any atom is 0.262 e. The van der Waals surface area contributed by atoms with Crippen LogP contribution in [0.1, 0.15) is 18.4 Å². The lowest BCUT2D eigenvalue weighted by Gasteiger charge is -2.18. The van der Waals surface area contributed by atoms with E-state index in [4.69, 9.17) is 26.4 Å². The Hall–Kier alpha value is -3.16. The summed E-state index contributed by atoms with van der Waals surface area (Å²) in [4.78, 5) is 17.5. The number of carbonyl (C=O) groups is 1. The van der Waals surface area contributed by atoms with Gasteiger partial charge in [-0.15, -0.1) is 11.3 Å². The van der Waals surface area contributed by atoms with Crippen molar-refractivity contribution in [3.8, 4) is 17.0 Å². The average Bonchev–Trinajstić information content (AvgIpc) is 3.56. The molecule has 1 N–H and O–H groups in total. The van der Waals surface area contributed by atoms with E-state index in [2.05, 4.69) is 23.7 Å². The van der Waals surface area contributed by atoms with Gasteiger partial charge in [-0.25, -0.2) is 9.67 Å². The Kier molecular flexibility index (Phi) is 5.38. The minimum atomic E-state index is -0.155. The molecule has 0 saturated heterocycles. The molecule has 0 spiro atoms. The fraction of sp³-hybridized carbons (Fsp3) is 0.269. The smallest absolute Gasteiger partial charge is 0.262 e. The van der Waals surface area contributed by atoms with Gasteiger partial charge in [0, 0.05) is 28.1 Å². The van der Waals surface area contributed by atoms with Crippen LogP contribution in [0.15, 0.2) is 64.0 Å². The number of aromatic nitrogens is 1. The van der Waals surface area contributed by atoms with Crippen LogP contribution in [0, 0.1) is 24.7 Å². The molecule has 2 aliphatic carbocycles. The number of nitrogens with one attached hydrogen (secondary N) is 1. The summed E-state index contributed by atoms with van der Waals surface area (Å²) in [5.41, 5.74) is 4.24. The molecule has 2 bridgehead atoms. The van der Waals surface area contributed by atoms with Gasteiger partial charge in [-0.05, 0) is 67.5 Å². The highest BCUT2D eigenvalue weighted by molar-refractivity contribution is 7.07. The van der Waals surface area contributed by atoms with Crippen LogP contribution in [0.25, 0.3) is 11.3 Å². The molecule has 1 aromatic heterocycles. The van der Waals surface area contributed by atoms with Crippen LogP contribution in [0.2, 0.25) is 5.02 Å². The Morgan fingerprint density at radius 1 is 1.24 bits per heavy atom. The van der Waals surface area contributed by atoms with E-state index < -0.39 is 0 Å². The monoisotopic (exact) mass is 490 g/mol. The molecule has 3 atom stereocenters. The van der Waals surface area contributed by atoms with Crippen LogP contribution < -0.4 is 14.9 Å². The minimum Gasteiger partial charge on any atom is -0.482 e. The van der Waals surface area contributed by atoms with Crippen molar-refractivity contribution in [1.29, 1.82) is 0 Å². The molecule has 8 heteroatoms. The van der Waals surface area contributed by atoms with Gasteiger partial charge in [0.05, 0.1) is 17.1 Å². The third-order valence-corrected chi connectivity index (χ3v) is 7.98. The topological polar surface area (TPSA) is 68.0 Å². The summed E-state index contributed by atoms with van der Waals surface area (Å²) < 4.78 is 7.42. The zero-order valence-corrected chi connectivity index (χ0v) is 20.1. The lowest BCUT2D eigenvalue weighted by molar-refractivity contribution is -0.118. The number of nitrogens with zero attached hydrogens (tertiary/aromatic N) is 3. The second kappa shape index (κ2) is 8.56. The highest BCUT2D eigenvalue weighted by Gasteiger charge is 2.34. The largest absolute Gasteiger partial charge is 0.482 e. The van der Waals surface area contributed by atoms with Crippen LogP contribution >= 0.6 is 22.9 Å². The number of halogens is 1. The summed E-state index contributed by atoms with van der Waals surface area (Å²) in [5.74, 6) is 2.20. The maximum absolute atomic E-state index is 11.8. The average molecular weight is 491 g/mol. The van der Waals surface area contributed by atoms with E-state index in [0.29, 0.717) is 34.2 Å². The molecule has 34 heavy (non-hydrogen) atoms. The summed E-state index contributed by atoms with van der Waals surface area (Å²) in [5, 5.41) is 10.6. The van der Waals surface area contributed by atoms with Gasteiger partial charge < -0.3 is 10.1 Å². The molecule has 3 aliphatic rings. The molecular formula is C26H23ClN4O2S. The number of benzene rings is 2. The normalized spacial score (nSPS) is 23.4. The number of hydrogen-bond donors (Lipinski definition) is 1. The van der Waals surface area contributed by atoms with Crippen molar-refractivity contribution >= 4 is 46.4 Å². The van der Waals surface area contributed by atoms with E-state index in [0.717, 1.165) is 33.7 Å². The summed E-state index contributed by atoms with van der Waals surface area (Å²) in [6.45, 7) is 2.01. The molecule has 0 radical (unpaired) electrons. The van der Waals surface area contributed by atoms with Crippen LogP contribution in [0.3, 0.4) is 0 Å². The fourth-order valence-electron chi connectivity index (χ4n) is 4.90. The summed E-state index contributed by atoms with van der Waals surface area (Å²) in [7, 11) is 0. The Bertz CT molecular complexity index is 1420. The first-order chi connectivity index (χ1) is 16.5. The zero-order chi connectivity index (χ0) is 23.2. The van der Waals surface area contributed by atoms with Gasteiger partial charge in [0.2, 0.25) is 4.80 Å². The van der Waals surface area contributed by atoms with Gasteiger partial charge in [-0.3, -0.25) is 4.79 Å². The SMILES string of the molecule is Cc1c(Cl)cccc1N=c1scc(-c2ccc3c(c2)NC(=O)CO3)n1N=CC1CC2C=CC1C2. The molecule has 3 aromatic rings. The predicted octanol–water partition coefficient (Wildman–Crippen LogP) is 5.79. The van der Waals surface area contributed by atoms with E-state index in [1.165, 1.54) is 17.8 Å². The van der Waals surface area contributed by atoms with E-state index in [1.807, 2.05) is 53.4 Å². The lowest BCUT2D eigenvalue weighted by Crippen LogP contribution is -2.25. The second-order valence-electron chi connectivity index (χ2n) is 8.97. The Morgan fingerprint density at radius 3 is 2.97 bits per heavy atom. The van der Waals surface area contributed by atoms with Crippen LogP contribution in [0.5, 0.6) is 5.75 Å². The van der Waals surface area contributed by atoms with E-state index >= 15 is 0 Å². The van der Waals surface area contributed by atoms with Gasteiger partial charge in [-0.1, -0.05) is 29.8 Å². The van der Waals surface area contributed by atoms with Crippen molar-refractivity contribution < 1.29 is 9.53 Å². The molecule has 6 rings (SSSR count). The third kappa shape index (κ3) is 3.89. The quantitative estimate of drug-likeness (QED) is 0.371. The number of amides is 1. The summed E-state index contributed by atoms with van der Waals surface area (Å²) in [6.07, 6.45) is 9.12. The molecule has 2 aromatic carbocycles. The Morgan fingerprint density at radius 2 is 2.15 bits per heavy atom. The number of hydrogen-bond acceptors (Lipinski definition) is 5. The number of fused-ring (bicyclic) bond motifs is 3. The molecule has 172 valence electrons. The van der Waals surface area contributed by atoms with Gasteiger partial charge >= 0.3 is 0 Å². The molecule has 6 nitrogen and oxygen atoms in total. The van der Waals surface area contributed by atoms with Crippen LogP contribution in [-0.2, 0) is 4.79 Å². The standard InChI is InChI=1S/C26H23ClN4O2S/c1-15-20(27)3-2-4-21(15)30-26-31(28-12-19-10-16-5-6-17(19)9-16)23(14-34-26)18-7-8-24-22(11-18)29-25(32)13-33-24/h2-8,11-12,14,16-17,19H,9-10,13H2,1H3,(H,29,32). The highest BCUT2D eigenvalue weighted by atomic mass is 35.5. The van der Waals surface area contributed by atoms with Crippen molar-refractivity contribution in [3.63, 3.8) is 0 Å². The molecule has 1 aliphatic heterocycles. The number of ether oxygens (including phenoxy) is 1. The van der Waals surface area contributed by atoms with Gasteiger partial charge in [0.25, 0.3) is 5.91 Å². The highest BCUT2D eigenvalue weighted by Crippen LogP contribution is 2.42. The Balaban J connectivity index is 1.45. The summed E-state index contributed by atoms with van der Waals surface area (Å²) >= 11 is 7.86. The predicted molar refractivity (Wildman–Crippen MR) is 136 cm³/mol. The maximum atomic E-state index is 11.8. The number of thiazole rings is 1. The minimum absolute atomic E-state index is 0.0368. The van der Waals surface area contributed by atoms with Crippen molar-refractivity contribution in [3.05, 3.63) is 69.3 Å². The first kappa shape index (κ1) is 21.4. The molecular weight excluding hydrogens is 468 g/mol. The lowest BCUT2D eigenvalue weighted by atomic mass is 9.95. The number of rotatable bonds is 4. The molecule has 1 amide bonds. The Labute approximate surface area is 206 Å². The van der Waals surface area contributed by atoms with Gasteiger partial charge in [-0.2, -0.15) is 5.10 Å². The van der Waals surface area contributed by atoms with E-state index in [-0.39, 0.29) is 12.5 Å². The van der Waals surface area contributed by atoms with Crippen LogP contribution in [0.4, 0.5) is 11.4 Å². The van der Waals surface area contributed by atoms with E-state index in [9.17, 15) is 4.79 Å².